The molecular weight excluding hydrogens is 178 g/mol. The van der Waals surface area contributed by atoms with E-state index in [1.165, 1.54) is 0 Å². The summed E-state index contributed by atoms with van der Waals surface area (Å²) in [5, 5.41) is 29.5. The van der Waals surface area contributed by atoms with Crippen molar-refractivity contribution in [3.8, 4) is 5.75 Å². The lowest BCUT2D eigenvalue weighted by atomic mass is 10.2. The fourth-order valence-corrected chi connectivity index (χ4v) is 0.846. The van der Waals surface area contributed by atoms with E-state index in [1.54, 1.807) is 0 Å². The zero-order valence-corrected chi connectivity index (χ0v) is 6.26. The predicted molar refractivity (Wildman–Crippen MR) is 39.5 cm³/mol. The van der Waals surface area contributed by atoms with Crippen LogP contribution in [0.1, 0.15) is 10.4 Å². The Labute approximate surface area is 72.2 Å². The number of hydrogen-bond donors (Lipinski definition) is 1. The van der Waals surface area contributed by atoms with Gasteiger partial charge in [0.2, 0.25) is 0 Å². The minimum absolute atomic E-state index is 0.567. The summed E-state index contributed by atoms with van der Waals surface area (Å²) in [6, 6.07) is 2.55. The first-order valence-electron chi connectivity index (χ1n) is 3.21. The van der Waals surface area contributed by atoms with Gasteiger partial charge in [0.1, 0.15) is 5.56 Å². The summed E-state index contributed by atoms with van der Waals surface area (Å²) in [5.41, 5.74) is -1.16. The van der Waals surface area contributed by atoms with Crippen LogP contribution in [0.4, 0.5) is 5.69 Å². The largest absolute Gasteiger partial charge is 0.872 e. The van der Waals surface area contributed by atoms with Crippen LogP contribution in [0.2, 0.25) is 0 Å². The number of nitrogens with zero attached hydrogens (tertiary/aromatic N) is 1. The molecule has 6 heteroatoms. The predicted octanol–water partition coefficient (Wildman–Crippen LogP) is 0.367. The molecule has 1 rings (SSSR count). The SMILES string of the molecule is O=C(O)c1cc([O-])ccc1[N+](=O)[O-]. The molecule has 0 saturated carbocycles. The molecule has 0 atom stereocenters. The van der Waals surface area contributed by atoms with Crippen LogP contribution in [0.15, 0.2) is 18.2 Å². The zero-order chi connectivity index (χ0) is 10.0. The highest BCUT2D eigenvalue weighted by Gasteiger charge is 2.17. The summed E-state index contributed by atoms with van der Waals surface area (Å²) in [6.45, 7) is 0. The van der Waals surface area contributed by atoms with E-state index < -0.39 is 27.9 Å². The van der Waals surface area contributed by atoms with Gasteiger partial charge < -0.3 is 10.2 Å². The molecule has 0 fully saturated rings. The summed E-state index contributed by atoms with van der Waals surface area (Å²) in [7, 11) is 0. The summed E-state index contributed by atoms with van der Waals surface area (Å²) >= 11 is 0. The monoisotopic (exact) mass is 182 g/mol. The van der Waals surface area contributed by atoms with Crippen LogP contribution in [-0.2, 0) is 0 Å². The molecule has 13 heavy (non-hydrogen) atoms. The Morgan fingerprint density at radius 2 is 2.08 bits per heavy atom. The molecule has 0 bridgehead atoms. The number of aromatic carboxylic acids is 1. The number of nitro benzene ring substituents is 1. The maximum absolute atomic E-state index is 10.7. The van der Waals surface area contributed by atoms with Crippen LogP contribution in [-0.4, -0.2) is 16.0 Å². The van der Waals surface area contributed by atoms with Crippen molar-refractivity contribution in [1.29, 1.82) is 0 Å². The van der Waals surface area contributed by atoms with E-state index in [4.69, 9.17) is 5.11 Å². The standard InChI is InChI=1S/C7H5NO5/c9-4-1-2-6(8(12)13)5(3-4)7(10)11/h1-3,9H,(H,10,11)/p-1. The molecule has 0 spiro atoms. The van der Waals surface area contributed by atoms with Gasteiger partial charge in [-0.2, -0.15) is 0 Å². The van der Waals surface area contributed by atoms with Gasteiger partial charge in [-0.3, -0.25) is 10.1 Å². The van der Waals surface area contributed by atoms with E-state index in [1.807, 2.05) is 0 Å². The van der Waals surface area contributed by atoms with Crippen molar-refractivity contribution in [2.45, 2.75) is 0 Å². The van der Waals surface area contributed by atoms with Crippen LogP contribution in [0.3, 0.4) is 0 Å². The van der Waals surface area contributed by atoms with Crippen molar-refractivity contribution in [3.63, 3.8) is 0 Å². The third-order valence-corrected chi connectivity index (χ3v) is 1.40. The molecule has 0 aliphatic rings. The summed E-state index contributed by atoms with van der Waals surface area (Å²) < 4.78 is 0. The van der Waals surface area contributed by atoms with Gasteiger partial charge in [0.05, 0.1) is 4.92 Å². The van der Waals surface area contributed by atoms with Gasteiger partial charge in [0.15, 0.2) is 0 Å². The van der Waals surface area contributed by atoms with Gasteiger partial charge >= 0.3 is 5.97 Å². The molecule has 0 radical (unpaired) electrons. The van der Waals surface area contributed by atoms with E-state index in [2.05, 4.69) is 0 Å². The maximum Gasteiger partial charge on any atom is 0.342 e. The van der Waals surface area contributed by atoms with Gasteiger partial charge in [-0.15, -0.1) is 5.75 Å². The zero-order valence-electron chi connectivity index (χ0n) is 6.26. The Hall–Kier alpha value is -2.11. The van der Waals surface area contributed by atoms with Crippen molar-refractivity contribution >= 4 is 11.7 Å². The molecule has 0 unspecified atom stereocenters. The van der Waals surface area contributed by atoms with E-state index in [9.17, 15) is 20.0 Å². The normalized spacial score (nSPS) is 9.54. The van der Waals surface area contributed by atoms with Crippen molar-refractivity contribution in [3.05, 3.63) is 33.9 Å². The number of hydrogen-bond acceptors (Lipinski definition) is 4. The van der Waals surface area contributed by atoms with E-state index in [0.717, 1.165) is 18.2 Å². The fourth-order valence-electron chi connectivity index (χ4n) is 0.846. The first kappa shape index (κ1) is 8.98. The highest BCUT2D eigenvalue weighted by atomic mass is 16.6. The molecule has 0 amide bonds. The molecule has 6 nitrogen and oxygen atoms in total. The topological polar surface area (TPSA) is 104 Å². The third kappa shape index (κ3) is 1.73. The summed E-state index contributed by atoms with van der Waals surface area (Å²) in [5.74, 6) is -2.05. The van der Waals surface area contributed by atoms with Gasteiger partial charge in [0, 0.05) is 6.07 Å². The number of carboxylic acid groups (broad SMARTS) is 1. The Balaban J connectivity index is 3.35. The number of nitro groups is 1. The quantitative estimate of drug-likeness (QED) is 0.525. The van der Waals surface area contributed by atoms with Crippen LogP contribution in [0, 0.1) is 10.1 Å². The molecule has 1 aromatic rings. The second-order valence-corrected chi connectivity index (χ2v) is 2.24. The highest BCUT2D eigenvalue weighted by molar-refractivity contribution is 5.92. The van der Waals surface area contributed by atoms with E-state index >= 15 is 0 Å². The average Bonchev–Trinajstić information content (AvgIpc) is 2.03. The first-order chi connectivity index (χ1) is 6.02. The molecule has 1 aromatic carbocycles. The van der Waals surface area contributed by atoms with Gasteiger partial charge in [-0.1, -0.05) is 6.07 Å². The maximum atomic E-state index is 10.7. The molecule has 0 aliphatic heterocycles. The lowest BCUT2D eigenvalue weighted by molar-refractivity contribution is -0.385. The van der Waals surface area contributed by atoms with Crippen LogP contribution in [0.25, 0.3) is 0 Å². The lowest BCUT2D eigenvalue weighted by Crippen LogP contribution is -2.03. The van der Waals surface area contributed by atoms with Crippen LogP contribution >= 0.6 is 0 Å². The Morgan fingerprint density at radius 1 is 1.46 bits per heavy atom. The minimum Gasteiger partial charge on any atom is -0.872 e. The van der Waals surface area contributed by atoms with Gasteiger partial charge in [-0.25, -0.2) is 4.79 Å². The van der Waals surface area contributed by atoms with Crippen molar-refractivity contribution in [1.82, 2.24) is 0 Å². The molecule has 0 aromatic heterocycles. The molecule has 68 valence electrons. The Bertz CT molecular complexity index is 373. The summed E-state index contributed by atoms with van der Waals surface area (Å²) in [6.07, 6.45) is 0. The fraction of sp³-hybridized carbons (Fsp3) is 0. The van der Waals surface area contributed by atoms with Crippen molar-refractivity contribution < 1.29 is 19.9 Å². The number of carbonyl (C=O) groups is 1. The van der Waals surface area contributed by atoms with Crippen LogP contribution < -0.4 is 5.11 Å². The smallest absolute Gasteiger partial charge is 0.342 e. The molecule has 0 aliphatic carbocycles. The van der Waals surface area contributed by atoms with E-state index in [-0.39, 0.29) is 0 Å². The Morgan fingerprint density at radius 3 is 2.54 bits per heavy atom. The number of benzene rings is 1. The van der Waals surface area contributed by atoms with E-state index in [0.29, 0.717) is 0 Å². The number of carboxylic acids is 1. The molecule has 0 heterocycles. The molecule has 1 N–H and O–H groups in total. The first-order valence-corrected chi connectivity index (χ1v) is 3.21. The second kappa shape index (κ2) is 3.10. The minimum atomic E-state index is -1.48. The van der Waals surface area contributed by atoms with Crippen LogP contribution in [0.5, 0.6) is 5.75 Å². The Kier molecular flexibility index (Phi) is 2.14. The van der Waals surface area contributed by atoms with Gasteiger partial charge in [-0.05, 0) is 6.07 Å². The average molecular weight is 182 g/mol. The number of rotatable bonds is 2. The lowest BCUT2D eigenvalue weighted by Gasteiger charge is -2.05. The second-order valence-electron chi connectivity index (χ2n) is 2.24. The van der Waals surface area contributed by atoms with Gasteiger partial charge in [0.25, 0.3) is 5.69 Å². The third-order valence-electron chi connectivity index (χ3n) is 1.40. The molecule has 0 saturated heterocycles. The summed E-state index contributed by atoms with van der Waals surface area (Å²) in [4.78, 5) is 19.9. The van der Waals surface area contributed by atoms with Crippen molar-refractivity contribution in [2.75, 3.05) is 0 Å². The molecular formula is C7H4NO5-. The highest BCUT2D eigenvalue weighted by Crippen LogP contribution is 2.21. The van der Waals surface area contributed by atoms with Crippen molar-refractivity contribution in [2.24, 2.45) is 0 Å².